The van der Waals surface area contributed by atoms with Crippen molar-refractivity contribution in [1.82, 2.24) is 24.6 Å². The number of rotatable bonds is 4. The Morgan fingerprint density at radius 2 is 2.08 bits per heavy atom. The first-order chi connectivity index (χ1) is 12.6. The van der Waals surface area contributed by atoms with Gasteiger partial charge >= 0.3 is 0 Å². The van der Waals surface area contributed by atoms with Crippen molar-refractivity contribution in [2.24, 2.45) is 0 Å². The number of thioether (sulfide) groups is 1. The molecule has 0 aliphatic carbocycles. The van der Waals surface area contributed by atoms with Crippen LogP contribution in [0.5, 0.6) is 0 Å². The quantitative estimate of drug-likeness (QED) is 0.406. The average molecular weight is 384 g/mol. The number of nitrogen functional groups attached to an aromatic ring is 1. The van der Waals surface area contributed by atoms with Gasteiger partial charge in [0.25, 0.3) is 11.1 Å². The molecule has 0 unspecified atom stereocenters. The lowest BCUT2D eigenvalue weighted by atomic mass is 10.1. The fourth-order valence-corrected chi connectivity index (χ4v) is 3.81. The summed E-state index contributed by atoms with van der Waals surface area (Å²) in [5.41, 5.74) is 7.15. The van der Waals surface area contributed by atoms with Gasteiger partial charge in [0.15, 0.2) is 15.8 Å². The van der Waals surface area contributed by atoms with Gasteiger partial charge in [0, 0.05) is 34.6 Å². The number of aromatic nitrogens is 5. The molecule has 3 aromatic heterocycles. The third-order valence-electron chi connectivity index (χ3n) is 3.61. The van der Waals surface area contributed by atoms with E-state index >= 15 is 0 Å². The highest BCUT2D eigenvalue weighted by molar-refractivity contribution is 7.98. The predicted octanol–water partition coefficient (Wildman–Crippen LogP) is 1.78. The maximum atomic E-state index is 12.3. The van der Waals surface area contributed by atoms with E-state index in [0.29, 0.717) is 32.8 Å². The average Bonchev–Trinajstić information content (AvgIpc) is 3.10. The van der Waals surface area contributed by atoms with Crippen molar-refractivity contribution in [3.63, 3.8) is 0 Å². The van der Waals surface area contributed by atoms with Gasteiger partial charge in [0.05, 0.1) is 5.69 Å². The van der Waals surface area contributed by atoms with Gasteiger partial charge in [0.2, 0.25) is 0 Å². The zero-order valence-corrected chi connectivity index (χ0v) is 14.9. The van der Waals surface area contributed by atoms with Crippen molar-refractivity contribution in [3.8, 4) is 11.3 Å². The molecule has 4 aromatic rings. The van der Waals surface area contributed by atoms with E-state index in [9.17, 15) is 9.59 Å². The summed E-state index contributed by atoms with van der Waals surface area (Å²) in [6, 6.07) is 8.45. The molecule has 0 amide bonds. The Morgan fingerprint density at radius 1 is 1.23 bits per heavy atom. The fraction of sp³-hybridized carbons (Fsp3) is 0.0625. The van der Waals surface area contributed by atoms with Gasteiger partial charge in [-0.25, -0.2) is 4.98 Å². The van der Waals surface area contributed by atoms with Crippen molar-refractivity contribution >= 4 is 33.7 Å². The van der Waals surface area contributed by atoms with Gasteiger partial charge < -0.3 is 5.73 Å². The second kappa shape index (κ2) is 6.73. The lowest BCUT2D eigenvalue weighted by Gasteiger charge is -2.04. The molecule has 26 heavy (non-hydrogen) atoms. The van der Waals surface area contributed by atoms with Crippen LogP contribution in [0.1, 0.15) is 5.69 Å². The zero-order valence-electron chi connectivity index (χ0n) is 13.2. The van der Waals surface area contributed by atoms with E-state index in [1.54, 1.807) is 35.8 Å². The van der Waals surface area contributed by atoms with Crippen molar-refractivity contribution in [2.75, 3.05) is 5.73 Å². The number of anilines is 1. The summed E-state index contributed by atoms with van der Waals surface area (Å²) in [7, 11) is 0. The summed E-state index contributed by atoms with van der Waals surface area (Å²) in [5, 5.41) is 10.2. The Labute approximate surface area is 154 Å². The fourth-order valence-electron chi connectivity index (χ4n) is 2.38. The molecule has 0 saturated carbocycles. The molecule has 0 aliphatic heterocycles. The summed E-state index contributed by atoms with van der Waals surface area (Å²) < 4.78 is 1.49. The van der Waals surface area contributed by atoms with Crippen LogP contribution in [0.15, 0.2) is 56.7 Å². The molecule has 3 N–H and O–H groups in total. The Balaban J connectivity index is 1.57. The maximum Gasteiger partial charge on any atom is 0.278 e. The first-order valence-electron chi connectivity index (χ1n) is 7.52. The summed E-state index contributed by atoms with van der Waals surface area (Å²) in [6.45, 7) is 0. The summed E-state index contributed by atoms with van der Waals surface area (Å²) in [5.74, 6) is 0.390. The minimum absolute atomic E-state index is 0.138. The van der Waals surface area contributed by atoms with Crippen LogP contribution >= 0.6 is 23.1 Å². The van der Waals surface area contributed by atoms with Crippen LogP contribution in [-0.2, 0) is 5.75 Å². The number of nitrogens with two attached hydrogens (primary N) is 1. The number of thiazole rings is 1. The highest BCUT2D eigenvalue weighted by Gasteiger charge is 2.11. The summed E-state index contributed by atoms with van der Waals surface area (Å²) in [6.07, 6.45) is 1.68. The van der Waals surface area contributed by atoms with Gasteiger partial charge in [-0.3, -0.25) is 19.0 Å². The number of nitrogens with one attached hydrogen (secondary N) is 1. The standard InChI is InChI=1S/C16H12N6O2S2/c17-11-4-2-1-3-10(11)13-14(24)19-15(21-20-13)26-8-9-7-12(23)22-5-6-25-16(22)18-9/h1-7H,8,17H2,(H,19,21,24). The predicted molar refractivity (Wildman–Crippen MR) is 101 cm³/mol. The Bertz CT molecular complexity index is 1210. The molecule has 0 atom stereocenters. The van der Waals surface area contributed by atoms with Crippen LogP contribution in [-0.4, -0.2) is 24.6 Å². The highest BCUT2D eigenvalue weighted by atomic mass is 32.2. The largest absolute Gasteiger partial charge is 0.398 e. The van der Waals surface area contributed by atoms with E-state index in [4.69, 9.17) is 5.73 Å². The summed E-state index contributed by atoms with van der Waals surface area (Å²) >= 11 is 2.63. The van der Waals surface area contributed by atoms with Crippen LogP contribution in [0.2, 0.25) is 0 Å². The molecule has 10 heteroatoms. The molecule has 3 heterocycles. The number of para-hydroxylation sites is 1. The molecule has 0 bridgehead atoms. The molecule has 0 aliphatic rings. The third-order valence-corrected chi connectivity index (χ3v) is 5.26. The number of hydrogen-bond acceptors (Lipinski definition) is 8. The SMILES string of the molecule is Nc1ccccc1-c1nnc(SCc2cc(=O)n3ccsc3n2)[nH]c1=O. The van der Waals surface area contributed by atoms with Gasteiger partial charge in [-0.1, -0.05) is 30.0 Å². The van der Waals surface area contributed by atoms with E-state index in [1.165, 1.54) is 33.6 Å². The topological polar surface area (TPSA) is 119 Å². The van der Waals surface area contributed by atoms with Crippen LogP contribution in [0.4, 0.5) is 5.69 Å². The van der Waals surface area contributed by atoms with Crippen molar-refractivity contribution in [2.45, 2.75) is 10.9 Å². The molecular weight excluding hydrogens is 372 g/mol. The molecule has 0 fully saturated rings. The molecule has 130 valence electrons. The van der Waals surface area contributed by atoms with Crippen molar-refractivity contribution in [3.05, 3.63) is 68.3 Å². The van der Waals surface area contributed by atoms with Crippen LogP contribution in [0.3, 0.4) is 0 Å². The van der Waals surface area contributed by atoms with E-state index < -0.39 is 0 Å². The Kier molecular flexibility index (Phi) is 4.27. The third kappa shape index (κ3) is 3.11. The number of nitrogens with zero attached hydrogens (tertiary/aromatic N) is 4. The van der Waals surface area contributed by atoms with E-state index in [0.717, 1.165) is 0 Å². The summed E-state index contributed by atoms with van der Waals surface area (Å²) in [4.78, 5) is 32.0. The molecule has 0 spiro atoms. The molecule has 4 rings (SSSR count). The molecule has 8 nitrogen and oxygen atoms in total. The smallest absolute Gasteiger partial charge is 0.278 e. The molecular formula is C16H12N6O2S2. The molecule has 0 saturated heterocycles. The first-order valence-corrected chi connectivity index (χ1v) is 9.39. The lowest BCUT2D eigenvalue weighted by molar-refractivity contribution is 0.823. The highest BCUT2D eigenvalue weighted by Crippen LogP contribution is 2.21. The number of aromatic amines is 1. The van der Waals surface area contributed by atoms with Crippen molar-refractivity contribution in [1.29, 1.82) is 0 Å². The number of fused-ring (bicyclic) bond motifs is 1. The Morgan fingerprint density at radius 3 is 2.88 bits per heavy atom. The molecule has 0 radical (unpaired) electrons. The van der Waals surface area contributed by atoms with Crippen LogP contribution in [0, 0.1) is 0 Å². The van der Waals surface area contributed by atoms with E-state index in [-0.39, 0.29) is 16.8 Å². The second-order valence-corrected chi connectivity index (χ2v) is 7.16. The lowest BCUT2D eigenvalue weighted by Crippen LogP contribution is -2.15. The van der Waals surface area contributed by atoms with Crippen LogP contribution in [0.25, 0.3) is 16.2 Å². The maximum absolute atomic E-state index is 12.3. The minimum Gasteiger partial charge on any atom is -0.398 e. The normalized spacial score (nSPS) is 11.1. The zero-order chi connectivity index (χ0) is 18.1. The van der Waals surface area contributed by atoms with Gasteiger partial charge in [-0.2, -0.15) is 0 Å². The monoisotopic (exact) mass is 384 g/mol. The second-order valence-electron chi connectivity index (χ2n) is 5.33. The number of H-pyrrole nitrogens is 1. The first kappa shape index (κ1) is 16.5. The Hall–Kier alpha value is -2.98. The number of hydrogen-bond donors (Lipinski definition) is 2. The van der Waals surface area contributed by atoms with E-state index in [2.05, 4.69) is 20.2 Å². The van der Waals surface area contributed by atoms with E-state index in [1.807, 2.05) is 0 Å². The minimum atomic E-state index is -0.373. The van der Waals surface area contributed by atoms with Crippen LogP contribution < -0.4 is 16.9 Å². The number of benzene rings is 1. The van der Waals surface area contributed by atoms with Crippen molar-refractivity contribution < 1.29 is 0 Å². The van der Waals surface area contributed by atoms with Gasteiger partial charge in [-0.05, 0) is 6.07 Å². The molecule has 1 aromatic carbocycles. The van der Waals surface area contributed by atoms with Gasteiger partial charge in [0.1, 0.15) is 0 Å². The van der Waals surface area contributed by atoms with Gasteiger partial charge in [-0.15, -0.1) is 21.5 Å².